The van der Waals surface area contributed by atoms with Crippen molar-refractivity contribution in [1.82, 2.24) is 30.5 Å². The van der Waals surface area contributed by atoms with Crippen LogP contribution in [0.3, 0.4) is 0 Å². The lowest BCUT2D eigenvalue weighted by Gasteiger charge is -2.35. The van der Waals surface area contributed by atoms with Crippen molar-refractivity contribution in [3.8, 4) is 0 Å². The van der Waals surface area contributed by atoms with E-state index in [-0.39, 0.29) is 43.1 Å². The molecule has 13 nitrogen and oxygen atoms in total. The summed E-state index contributed by atoms with van der Waals surface area (Å²) in [6.07, 6.45) is 2.69. The topological polar surface area (TPSA) is 162 Å². The molecular formula is C28H32ClN9O4S. The zero-order chi connectivity index (χ0) is 30.9. The lowest BCUT2D eigenvalue weighted by Crippen LogP contribution is -2.51. The Hall–Kier alpha value is -4.56. The molecule has 1 aromatic carbocycles. The third-order valence-corrected chi connectivity index (χ3v) is 7.71. The van der Waals surface area contributed by atoms with Gasteiger partial charge in [-0.1, -0.05) is 41.6 Å². The van der Waals surface area contributed by atoms with E-state index < -0.39 is 0 Å². The Bertz CT molecular complexity index is 1500. The van der Waals surface area contributed by atoms with Crippen molar-refractivity contribution >= 4 is 69.0 Å². The molecule has 0 atom stereocenters. The number of halogens is 1. The smallest absolute Gasteiger partial charge is 0.267 e. The predicted octanol–water partition coefficient (Wildman–Crippen LogP) is 2.66. The number of hydrogen-bond acceptors (Lipinski definition) is 10. The maximum atomic E-state index is 12.8. The van der Waals surface area contributed by atoms with Crippen molar-refractivity contribution in [2.45, 2.75) is 20.3 Å². The quantitative estimate of drug-likeness (QED) is 0.235. The van der Waals surface area contributed by atoms with Crippen molar-refractivity contribution in [2.75, 3.05) is 54.8 Å². The van der Waals surface area contributed by atoms with Crippen LogP contribution in [0.4, 0.5) is 22.5 Å². The van der Waals surface area contributed by atoms with Gasteiger partial charge in [0.15, 0.2) is 5.13 Å². The van der Waals surface area contributed by atoms with Gasteiger partial charge in [0.1, 0.15) is 22.3 Å². The maximum absolute atomic E-state index is 12.8. The molecule has 1 saturated heterocycles. The molecule has 0 unspecified atom stereocenters. The highest BCUT2D eigenvalue weighted by Crippen LogP contribution is 2.28. The largest absolute Gasteiger partial charge is 0.353 e. The van der Waals surface area contributed by atoms with Gasteiger partial charge < -0.3 is 31.1 Å². The van der Waals surface area contributed by atoms with E-state index in [9.17, 15) is 19.2 Å². The highest BCUT2D eigenvalue weighted by atomic mass is 35.5. The van der Waals surface area contributed by atoms with E-state index in [1.165, 1.54) is 17.5 Å². The zero-order valence-electron chi connectivity index (χ0n) is 23.8. The van der Waals surface area contributed by atoms with Crippen LogP contribution in [0.1, 0.15) is 27.5 Å². The second-order valence-corrected chi connectivity index (χ2v) is 11.0. The third kappa shape index (κ3) is 8.72. The second kappa shape index (κ2) is 14.6. The minimum atomic E-state index is -0.356. The number of nitrogens with zero attached hydrogens (tertiary/aromatic N) is 5. The Morgan fingerprint density at radius 3 is 2.58 bits per heavy atom. The summed E-state index contributed by atoms with van der Waals surface area (Å²) in [6, 6.07) is 7.20. The van der Waals surface area contributed by atoms with E-state index in [1.54, 1.807) is 24.0 Å². The van der Waals surface area contributed by atoms with Gasteiger partial charge in [0.25, 0.3) is 5.91 Å². The van der Waals surface area contributed by atoms with Gasteiger partial charge in [-0.3, -0.25) is 19.2 Å². The minimum Gasteiger partial charge on any atom is -0.353 e. The van der Waals surface area contributed by atoms with Gasteiger partial charge in [-0.25, -0.2) is 15.0 Å². The Labute approximate surface area is 257 Å². The van der Waals surface area contributed by atoms with Crippen molar-refractivity contribution in [1.29, 1.82) is 0 Å². The monoisotopic (exact) mass is 625 g/mol. The molecule has 1 aliphatic rings. The van der Waals surface area contributed by atoms with E-state index in [2.05, 4.69) is 47.7 Å². The second-order valence-electron chi connectivity index (χ2n) is 9.59. The average molecular weight is 626 g/mol. The first-order valence-electron chi connectivity index (χ1n) is 13.5. The molecule has 15 heteroatoms. The molecule has 0 spiro atoms. The van der Waals surface area contributed by atoms with Gasteiger partial charge >= 0.3 is 0 Å². The lowest BCUT2D eigenvalue weighted by atomic mass is 10.2. The number of carbonyl (C=O) groups is 4. The van der Waals surface area contributed by atoms with Crippen LogP contribution in [0.5, 0.6) is 0 Å². The minimum absolute atomic E-state index is 0.0713. The third-order valence-electron chi connectivity index (χ3n) is 6.48. The molecule has 2 aromatic heterocycles. The highest BCUT2D eigenvalue weighted by Gasteiger charge is 2.23. The summed E-state index contributed by atoms with van der Waals surface area (Å²) in [5.74, 6) is 0.594. The standard InChI is InChI=1S/C28H32ClN9O4S/c1-4-23(39)30-9-8-24(40)31-16-25(41)38-12-10-37(11-13-38)22-14-21(33-18(3)34-22)35-28-32-15-20(43-28)27(42)36-26-17(2)6-5-7-19(26)29/h4-7,14-15H,1,8-13,16H2,2-3H3,(H,30,39)(H,31,40)(H,36,42)(H,32,33,34,35). The Kier molecular flexibility index (Phi) is 10.6. The van der Waals surface area contributed by atoms with Crippen molar-refractivity contribution in [3.63, 3.8) is 0 Å². The summed E-state index contributed by atoms with van der Waals surface area (Å²) in [6.45, 7) is 9.08. The van der Waals surface area contributed by atoms with Crippen LogP contribution in [0.2, 0.25) is 5.02 Å². The van der Waals surface area contributed by atoms with Crippen LogP contribution in [-0.4, -0.2) is 82.7 Å². The average Bonchev–Trinajstić information content (AvgIpc) is 3.46. The normalized spacial score (nSPS) is 12.8. The van der Waals surface area contributed by atoms with Gasteiger partial charge in [-0.05, 0) is 31.6 Å². The van der Waals surface area contributed by atoms with Gasteiger partial charge in [0.2, 0.25) is 17.7 Å². The Morgan fingerprint density at radius 1 is 1.09 bits per heavy atom. The van der Waals surface area contributed by atoms with Crippen molar-refractivity contribution in [2.24, 2.45) is 0 Å². The number of amides is 4. The zero-order valence-corrected chi connectivity index (χ0v) is 25.3. The number of piperazine rings is 1. The van der Waals surface area contributed by atoms with Crippen LogP contribution >= 0.6 is 22.9 Å². The van der Waals surface area contributed by atoms with Crippen LogP contribution in [0, 0.1) is 13.8 Å². The summed E-state index contributed by atoms with van der Waals surface area (Å²) < 4.78 is 0. The van der Waals surface area contributed by atoms with Crippen LogP contribution in [0.15, 0.2) is 43.1 Å². The van der Waals surface area contributed by atoms with Crippen LogP contribution < -0.4 is 26.2 Å². The van der Waals surface area contributed by atoms with Gasteiger partial charge in [0, 0.05) is 45.2 Å². The number of rotatable bonds is 11. The van der Waals surface area contributed by atoms with E-state index in [4.69, 9.17) is 11.6 Å². The van der Waals surface area contributed by atoms with Crippen LogP contribution in [-0.2, 0) is 14.4 Å². The summed E-state index contributed by atoms with van der Waals surface area (Å²) in [7, 11) is 0. The molecule has 3 aromatic rings. The van der Waals surface area contributed by atoms with Crippen molar-refractivity contribution < 1.29 is 19.2 Å². The summed E-state index contributed by atoms with van der Waals surface area (Å²) in [5, 5.41) is 12.1. The molecule has 0 bridgehead atoms. The molecule has 3 heterocycles. The number of hydrogen-bond donors (Lipinski definition) is 4. The lowest BCUT2D eigenvalue weighted by molar-refractivity contribution is -0.133. The number of anilines is 4. The first-order chi connectivity index (χ1) is 20.6. The molecule has 226 valence electrons. The molecule has 0 aliphatic carbocycles. The molecule has 4 rings (SSSR count). The first kappa shape index (κ1) is 31.4. The van der Waals surface area contributed by atoms with Gasteiger partial charge in [-0.15, -0.1) is 0 Å². The summed E-state index contributed by atoms with van der Waals surface area (Å²) >= 11 is 7.42. The van der Waals surface area contributed by atoms with Crippen molar-refractivity contribution in [3.05, 3.63) is 64.4 Å². The molecular weight excluding hydrogens is 594 g/mol. The van der Waals surface area contributed by atoms with Crippen LogP contribution in [0.25, 0.3) is 0 Å². The van der Waals surface area contributed by atoms with E-state index >= 15 is 0 Å². The van der Waals surface area contributed by atoms with E-state index in [1.807, 2.05) is 19.1 Å². The maximum Gasteiger partial charge on any atom is 0.267 e. The molecule has 4 amide bonds. The summed E-state index contributed by atoms with van der Waals surface area (Å²) in [5.41, 5.74) is 1.42. The Morgan fingerprint density at radius 2 is 1.86 bits per heavy atom. The summed E-state index contributed by atoms with van der Waals surface area (Å²) in [4.78, 5) is 66.0. The molecule has 0 saturated carbocycles. The molecule has 4 N–H and O–H groups in total. The van der Waals surface area contributed by atoms with E-state index in [0.29, 0.717) is 64.4 Å². The molecule has 1 aliphatic heterocycles. The number of aromatic nitrogens is 3. The molecule has 1 fully saturated rings. The van der Waals surface area contributed by atoms with Gasteiger partial charge in [-0.2, -0.15) is 0 Å². The number of benzene rings is 1. The number of para-hydroxylation sites is 1. The molecule has 0 radical (unpaired) electrons. The van der Waals surface area contributed by atoms with E-state index in [0.717, 1.165) is 11.6 Å². The first-order valence-corrected chi connectivity index (χ1v) is 14.7. The number of carbonyl (C=O) groups excluding carboxylic acids is 4. The Balaban J connectivity index is 1.28. The van der Waals surface area contributed by atoms with Gasteiger partial charge in [0.05, 0.1) is 23.5 Å². The number of nitrogens with one attached hydrogen (secondary N) is 4. The fourth-order valence-corrected chi connectivity index (χ4v) is 5.21. The highest BCUT2D eigenvalue weighted by molar-refractivity contribution is 7.17. The SMILES string of the molecule is C=CC(=O)NCCC(=O)NCC(=O)N1CCN(c2cc(Nc3ncc(C(=O)Nc4c(C)cccc4Cl)s3)nc(C)n2)CC1. The number of aryl methyl sites for hydroxylation is 2. The molecule has 43 heavy (non-hydrogen) atoms. The number of thiazole rings is 1. The fraction of sp³-hybridized carbons (Fsp3) is 0.321. The predicted molar refractivity (Wildman–Crippen MR) is 166 cm³/mol. The fourth-order valence-electron chi connectivity index (χ4n) is 4.22.